The van der Waals surface area contributed by atoms with Crippen LogP contribution in [0, 0.1) is 0 Å². The Balaban J connectivity index is 2.84. The van der Waals surface area contributed by atoms with E-state index in [1.165, 1.54) is 12.3 Å². The third-order valence-corrected chi connectivity index (χ3v) is 2.13. The van der Waals surface area contributed by atoms with Crippen molar-refractivity contribution in [3.05, 3.63) is 22.3 Å². The van der Waals surface area contributed by atoms with Crippen molar-refractivity contribution in [3.63, 3.8) is 0 Å². The van der Waals surface area contributed by atoms with Gasteiger partial charge < -0.3 is 16.2 Å². The number of pyridine rings is 1. The highest BCUT2D eigenvalue weighted by Gasteiger charge is 2.07. The average molecular weight is 260 g/mol. The number of nitrogens with zero attached hydrogens (tertiary/aromatic N) is 1. The fourth-order valence-corrected chi connectivity index (χ4v) is 1.36. The molecule has 5 nitrogen and oxygen atoms in total. The minimum atomic E-state index is -0.997. The standard InChI is InChI=1S/C8H10BrN3O2/c9-6-3-5(8(13)14)4-12-7(6)11-2-1-10/h3-4H,1-2,10H2,(H,11,12)(H,13,14). The number of hydrogen-bond donors (Lipinski definition) is 3. The van der Waals surface area contributed by atoms with E-state index in [1.807, 2.05) is 0 Å². The van der Waals surface area contributed by atoms with Crippen LogP contribution in [0.25, 0.3) is 0 Å². The maximum Gasteiger partial charge on any atom is 0.337 e. The lowest BCUT2D eigenvalue weighted by Gasteiger charge is -2.06. The molecule has 1 aromatic rings. The van der Waals surface area contributed by atoms with E-state index < -0.39 is 5.97 Å². The van der Waals surface area contributed by atoms with Gasteiger partial charge >= 0.3 is 5.97 Å². The van der Waals surface area contributed by atoms with Gasteiger partial charge in [0.2, 0.25) is 0 Å². The molecular weight excluding hydrogens is 250 g/mol. The topological polar surface area (TPSA) is 88.2 Å². The van der Waals surface area contributed by atoms with Crippen LogP contribution in [0.4, 0.5) is 5.82 Å². The fourth-order valence-electron chi connectivity index (χ4n) is 0.876. The molecular formula is C8H10BrN3O2. The first-order valence-corrected chi connectivity index (χ1v) is 4.77. The van der Waals surface area contributed by atoms with Crippen LogP contribution in [0.2, 0.25) is 0 Å². The lowest BCUT2D eigenvalue weighted by Crippen LogP contribution is -2.14. The summed E-state index contributed by atoms with van der Waals surface area (Å²) in [5, 5.41) is 11.6. The van der Waals surface area contributed by atoms with Gasteiger partial charge in [0.05, 0.1) is 10.0 Å². The molecule has 0 bridgehead atoms. The van der Waals surface area contributed by atoms with Gasteiger partial charge in [-0.25, -0.2) is 9.78 Å². The first kappa shape index (κ1) is 10.9. The van der Waals surface area contributed by atoms with E-state index in [-0.39, 0.29) is 5.56 Å². The summed E-state index contributed by atoms with van der Waals surface area (Å²) in [6.45, 7) is 1.09. The Kier molecular flexibility index (Phi) is 3.84. The zero-order valence-electron chi connectivity index (χ0n) is 7.33. The van der Waals surface area contributed by atoms with Crippen LogP contribution in [-0.2, 0) is 0 Å². The summed E-state index contributed by atoms with van der Waals surface area (Å²) >= 11 is 3.22. The van der Waals surface area contributed by atoms with Gasteiger partial charge in [-0.1, -0.05) is 0 Å². The zero-order chi connectivity index (χ0) is 10.6. The minimum absolute atomic E-state index is 0.148. The number of carboxylic acids is 1. The molecule has 6 heteroatoms. The number of carboxylic acid groups (broad SMARTS) is 1. The molecule has 0 fully saturated rings. The number of halogens is 1. The van der Waals surface area contributed by atoms with Crippen molar-refractivity contribution in [1.82, 2.24) is 4.98 Å². The van der Waals surface area contributed by atoms with E-state index in [4.69, 9.17) is 10.8 Å². The van der Waals surface area contributed by atoms with Crippen molar-refractivity contribution in [3.8, 4) is 0 Å². The van der Waals surface area contributed by atoms with Gasteiger partial charge in [-0.15, -0.1) is 0 Å². The Hall–Kier alpha value is -1.14. The Morgan fingerprint density at radius 2 is 2.43 bits per heavy atom. The SMILES string of the molecule is NCCNc1ncc(C(=O)O)cc1Br. The summed E-state index contributed by atoms with van der Waals surface area (Å²) in [6, 6.07) is 1.49. The zero-order valence-corrected chi connectivity index (χ0v) is 8.91. The number of nitrogens with two attached hydrogens (primary N) is 1. The number of rotatable bonds is 4. The fraction of sp³-hybridized carbons (Fsp3) is 0.250. The van der Waals surface area contributed by atoms with Gasteiger partial charge in [0.15, 0.2) is 0 Å². The van der Waals surface area contributed by atoms with Crippen LogP contribution >= 0.6 is 15.9 Å². The van der Waals surface area contributed by atoms with E-state index in [0.717, 1.165) is 0 Å². The Morgan fingerprint density at radius 1 is 1.71 bits per heavy atom. The summed E-state index contributed by atoms with van der Waals surface area (Å²) in [5.41, 5.74) is 5.45. The quantitative estimate of drug-likeness (QED) is 0.748. The van der Waals surface area contributed by atoms with Crippen LogP contribution in [0.1, 0.15) is 10.4 Å². The average Bonchev–Trinajstić information content (AvgIpc) is 2.15. The van der Waals surface area contributed by atoms with Crippen molar-refractivity contribution < 1.29 is 9.90 Å². The molecule has 0 saturated heterocycles. The Morgan fingerprint density at radius 3 is 2.93 bits per heavy atom. The summed E-state index contributed by atoms with van der Waals surface area (Å²) in [6.07, 6.45) is 1.30. The van der Waals surface area contributed by atoms with Gasteiger partial charge in [0.1, 0.15) is 5.82 Å². The number of aromatic carboxylic acids is 1. The van der Waals surface area contributed by atoms with Crippen molar-refractivity contribution in [1.29, 1.82) is 0 Å². The molecule has 0 amide bonds. The Labute approximate surface area is 89.5 Å². The van der Waals surface area contributed by atoms with Gasteiger partial charge in [-0.2, -0.15) is 0 Å². The van der Waals surface area contributed by atoms with Gasteiger partial charge in [0, 0.05) is 19.3 Å². The van der Waals surface area contributed by atoms with Gasteiger partial charge in [-0.05, 0) is 22.0 Å². The van der Waals surface area contributed by atoms with Crippen molar-refractivity contribution in [2.45, 2.75) is 0 Å². The van der Waals surface area contributed by atoms with Gasteiger partial charge in [-0.3, -0.25) is 0 Å². The summed E-state index contributed by atoms with van der Waals surface area (Å²) in [5.74, 6) is -0.399. The van der Waals surface area contributed by atoms with Crippen LogP contribution < -0.4 is 11.1 Å². The summed E-state index contributed by atoms with van der Waals surface area (Å²) in [4.78, 5) is 14.5. The first-order chi connectivity index (χ1) is 6.65. The van der Waals surface area contributed by atoms with E-state index in [0.29, 0.717) is 23.4 Å². The number of nitrogens with one attached hydrogen (secondary N) is 1. The van der Waals surface area contributed by atoms with Crippen molar-refractivity contribution in [2.24, 2.45) is 5.73 Å². The van der Waals surface area contributed by atoms with Crippen LogP contribution in [0.15, 0.2) is 16.7 Å². The minimum Gasteiger partial charge on any atom is -0.478 e. The molecule has 4 N–H and O–H groups in total. The number of anilines is 1. The highest BCUT2D eigenvalue weighted by molar-refractivity contribution is 9.10. The molecule has 0 aliphatic heterocycles. The van der Waals surface area contributed by atoms with Crippen LogP contribution in [-0.4, -0.2) is 29.1 Å². The molecule has 0 aliphatic carbocycles. The highest BCUT2D eigenvalue weighted by atomic mass is 79.9. The number of hydrogen-bond acceptors (Lipinski definition) is 4. The Bertz CT molecular complexity index is 343. The molecule has 1 rings (SSSR count). The molecule has 1 aromatic heterocycles. The van der Waals surface area contributed by atoms with E-state index in [2.05, 4.69) is 26.2 Å². The van der Waals surface area contributed by atoms with E-state index in [1.54, 1.807) is 0 Å². The molecule has 0 radical (unpaired) electrons. The summed E-state index contributed by atoms with van der Waals surface area (Å²) in [7, 11) is 0. The van der Waals surface area contributed by atoms with E-state index >= 15 is 0 Å². The predicted molar refractivity (Wildman–Crippen MR) is 56.4 cm³/mol. The molecule has 0 atom stereocenters. The van der Waals surface area contributed by atoms with Crippen molar-refractivity contribution in [2.75, 3.05) is 18.4 Å². The molecule has 0 aromatic carbocycles. The number of carbonyl (C=O) groups is 1. The smallest absolute Gasteiger partial charge is 0.337 e. The lowest BCUT2D eigenvalue weighted by molar-refractivity contribution is 0.0696. The third-order valence-electron chi connectivity index (χ3n) is 1.52. The first-order valence-electron chi connectivity index (χ1n) is 3.98. The molecule has 0 unspecified atom stereocenters. The van der Waals surface area contributed by atoms with Crippen molar-refractivity contribution >= 4 is 27.7 Å². The molecule has 1 heterocycles. The molecule has 76 valence electrons. The van der Waals surface area contributed by atoms with Gasteiger partial charge in [0.25, 0.3) is 0 Å². The summed E-state index contributed by atoms with van der Waals surface area (Å²) < 4.78 is 0.617. The van der Waals surface area contributed by atoms with E-state index in [9.17, 15) is 4.79 Å². The second kappa shape index (κ2) is 4.92. The normalized spacial score (nSPS) is 9.86. The molecule has 0 aliphatic rings. The molecule has 0 saturated carbocycles. The monoisotopic (exact) mass is 259 g/mol. The second-order valence-electron chi connectivity index (χ2n) is 2.58. The lowest BCUT2D eigenvalue weighted by atomic mass is 10.3. The largest absolute Gasteiger partial charge is 0.478 e. The predicted octanol–water partition coefficient (Wildman–Crippen LogP) is 0.913. The highest BCUT2D eigenvalue weighted by Crippen LogP contribution is 2.20. The third kappa shape index (κ3) is 2.68. The van der Waals surface area contributed by atoms with Crippen LogP contribution in [0.3, 0.4) is 0 Å². The van der Waals surface area contributed by atoms with Crippen LogP contribution in [0.5, 0.6) is 0 Å². The maximum atomic E-state index is 10.6. The maximum absolute atomic E-state index is 10.6. The number of aromatic nitrogens is 1. The molecule has 14 heavy (non-hydrogen) atoms. The second-order valence-corrected chi connectivity index (χ2v) is 3.43. The molecule has 0 spiro atoms.